The second-order valence-electron chi connectivity index (χ2n) is 7.20. The van der Waals surface area contributed by atoms with Gasteiger partial charge in [-0.1, -0.05) is 19.1 Å². The number of benzene rings is 1. The van der Waals surface area contributed by atoms with Crippen molar-refractivity contribution in [1.82, 2.24) is 4.90 Å². The van der Waals surface area contributed by atoms with E-state index >= 15 is 0 Å². The summed E-state index contributed by atoms with van der Waals surface area (Å²) in [6, 6.07) is 7.73. The molecule has 0 radical (unpaired) electrons. The molecule has 1 aliphatic rings. The Morgan fingerprint density at radius 3 is 2.62 bits per heavy atom. The first-order valence-corrected chi connectivity index (χ1v) is 9.55. The molecular weight excluding hydrogens is 329 g/mol. The van der Waals surface area contributed by atoms with Gasteiger partial charge in [-0.25, -0.2) is 0 Å². The van der Waals surface area contributed by atoms with E-state index in [1.54, 1.807) is 13.4 Å². The van der Waals surface area contributed by atoms with E-state index in [-0.39, 0.29) is 5.92 Å². The van der Waals surface area contributed by atoms with E-state index in [0.29, 0.717) is 13.0 Å². The summed E-state index contributed by atoms with van der Waals surface area (Å²) in [5, 5.41) is 8.95. The van der Waals surface area contributed by atoms with Gasteiger partial charge in [0, 0.05) is 0 Å². The van der Waals surface area contributed by atoms with Gasteiger partial charge in [0.05, 0.1) is 5.92 Å². The van der Waals surface area contributed by atoms with Gasteiger partial charge < -0.3 is 5.11 Å². The minimum absolute atomic E-state index is 0.370. The quantitative estimate of drug-likeness (QED) is 0.373. The molecule has 1 aromatic rings. The maximum absolute atomic E-state index is 10.9. The maximum atomic E-state index is 10.9. The van der Waals surface area contributed by atoms with Crippen LogP contribution in [0.15, 0.2) is 24.3 Å². The Labute approximate surface area is 157 Å². The fraction of sp³-hybridized carbons (Fsp3) is 0.600. The molecule has 142 valence electrons. The van der Waals surface area contributed by atoms with Gasteiger partial charge in [0.25, 0.3) is 0 Å². The van der Waals surface area contributed by atoms with E-state index in [1.165, 1.54) is 19.3 Å². The zero-order valence-electron chi connectivity index (χ0n) is 15.6. The normalized spacial score (nSPS) is 16.7. The van der Waals surface area contributed by atoms with Crippen LogP contribution in [0.1, 0.15) is 44.6 Å². The molecule has 0 spiro atoms. The molecule has 0 aliphatic carbocycles. The van der Waals surface area contributed by atoms with Crippen molar-refractivity contribution in [2.24, 2.45) is 11.8 Å². The van der Waals surface area contributed by atoms with E-state index < -0.39 is 5.97 Å². The fourth-order valence-corrected chi connectivity index (χ4v) is 3.36. The van der Waals surface area contributed by atoms with Crippen molar-refractivity contribution in [2.75, 3.05) is 19.7 Å². The Hall–Kier alpha value is -1.82. The van der Waals surface area contributed by atoms with Gasteiger partial charge in [-0.3, -0.25) is 4.79 Å². The molecule has 1 aliphatic heterocycles. The number of ether oxygens (including phenoxy) is 1. The van der Waals surface area contributed by atoms with Gasteiger partial charge in [0.1, 0.15) is 0 Å². The van der Waals surface area contributed by atoms with E-state index in [4.69, 9.17) is 9.84 Å². The molecule has 2 rings (SSSR count). The van der Waals surface area contributed by atoms with Crippen molar-refractivity contribution in [3.05, 3.63) is 36.3 Å². The molecule has 1 heterocycles. The Morgan fingerprint density at radius 2 is 2.00 bits per heavy atom. The molecule has 26 heavy (non-hydrogen) atoms. The van der Waals surface area contributed by atoms with Crippen molar-refractivity contribution in [3.63, 3.8) is 0 Å². The fourth-order valence-electron chi connectivity index (χ4n) is 3.36. The van der Waals surface area contributed by atoms with Crippen LogP contribution in [0.25, 0.3) is 0 Å². The van der Waals surface area contributed by atoms with E-state index in [9.17, 15) is 9.50 Å². The summed E-state index contributed by atoms with van der Waals surface area (Å²) in [7, 11) is 0.872. The molecule has 1 aromatic carbocycles. The molecule has 1 saturated heterocycles. The average Bonchev–Trinajstić information content (AvgIpc) is 2.64. The Kier molecular flexibility index (Phi) is 8.68. The van der Waals surface area contributed by atoms with E-state index in [1.807, 2.05) is 24.3 Å². The molecule has 1 fully saturated rings. The van der Waals surface area contributed by atoms with Crippen molar-refractivity contribution >= 4 is 13.1 Å². The molecular formula is C20H29BNO4-. The topological polar surface area (TPSA) is 66.8 Å². The standard InChI is InChI=1S/C20H29BNO4/c1-16(20(23)24)14-18-5-7-19(8-6-18)26-13-3-2-4-17-9-11-22(12-10-17)15-21-25/h5-8,15-17H,2-4,9-14H2,1H3,(H,23,24)/q-1. The molecule has 0 bridgehead atoms. The molecule has 1 N–H and O–H groups in total. The number of aliphatic carboxylic acids is 1. The first-order valence-electron chi connectivity index (χ1n) is 9.55. The van der Waals surface area contributed by atoms with Crippen molar-refractivity contribution in [1.29, 1.82) is 0 Å². The van der Waals surface area contributed by atoms with Crippen LogP contribution in [0.3, 0.4) is 0 Å². The predicted octanol–water partition coefficient (Wildman–Crippen LogP) is 3.38. The van der Waals surface area contributed by atoms with Gasteiger partial charge in [-0.05, 0) is 12.0 Å². The van der Waals surface area contributed by atoms with Crippen LogP contribution < -0.4 is 4.74 Å². The minimum atomic E-state index is -0.766. The Bertz CT molecular complexity index is 555. The van der Waals surface area contributed by atoms with Crippen LogP contribution in [0, 0.1) is 18.3 Å². The number of piperidine rings is 1. The Morgan fingerprint density at radius 1 is 1.31 bits per heavy atom. The summed E-state index contributed by atoms with van der Waals surface area (Å²) in [5.74, 6) is 0.471. The third kappa shape index (κ3) is 7.20. The second kappa shape index (κ2) is 11.0. The van der Waals surface area contributed by atoms with Crippen molar-refractivity contribution in [2.45, 2.75) is 45.4 Å². The van der Waals surface area contributed by atoms with Crippen LogP contribution in [-0.4, -0.2) is 42.8 Å². The van der Waals surface area contributed by atoms with Crippen molar-refractivity contribution in [3.8, 4) is 5.75 Å². The zero-order valence-corrected chi connectivity index (χ0v) is 15.6. The second-order valence-corrected chi connectivity index (χ2v) is 7.20. The number of carbonyl (C=O) groups is 1. The number of hydrogen-bond donors (Lipinski definition) is 1. The molecule has 0 saturated carbocycles. The number of unbranched alkanes of at least 4 members (excludes halogenated alkanes) is 1. The summed E-state index contributed by atoms with van der Waals surface area (Å²) in [6.07, 6.45) is 7.96. The van der Waals surface area contributed by atoms with E-state index in [2.05, 4.69) is 4.90 Å². The van der Waals surface area contributed by atoms with Crippen LogP contribution >= 0.6 is 0 Å². The molecule has 0 aromatic heterocycles. The number of rotatable bonds is 11. The smallest absolute Gasteiger partial charge is 0.481 e. The Balaban J connectivity index is 1.57. The molecule has 1 unspecified atom stereocenters. The first-order chi connectivity index (χ1) is 12.6. The molecule has 1 atom stereocenters. The van der Waals surface area contributed by atoms with Gasteiger partial charge in [0.2, 0.25) is 0 Å². The van der Waals surface area contributed by atoms with Crippen molar-refractivity contribution < 1.29 is 19.3 Å². The van der Waals surface area contributed by atoms with Crippen LogP contribution in [0.5, 0.6) is 5.75 Å². The molecule has 6 heteroatoms. The number of carboxylic acids is 1. The summed E-state index contributed by atoms with van der Waals surface area (Å²) < 4.78 is 16.3. The van der Waals surface area contributed by atoms with Gasteiger partial charge >= 0.3 is 110 Å². The summed E-state index contributed by atoms with van der Waals surface area (Å²) in [6.45, 7) is 4.42. The van der Waals surface area contributed by atoms with Crippen LogP contribution in [-0.2, 0) is 15.9 Å². The number of nitrogens with zero attached hydrogens (tertiary/aromatic N) is 1. The van der Waals surface area contributed by atoms with Crippen LogP contribution in [0.2, 0.25) is 0 Å². The van der Waals surface area contributed by atoms with Gasteiger partial charge in [-0.15, -0.1) is 0 Å². The van der Waals surface area contributed by atoms with Crippen LogP contribution in [0.4, 0.5) is 0 Å². The number of hydrogen-bond acceptors (Lipinski definition) is 4. The third-order valence-corrected chi connectivity index (χ3v) is 5.08. The summed E-state index contributed by atoms with van der Waals surface area (Å²) >= 11 is 0. The summed E-state index contributed by atoms with van der Waals surface area (Å²) in [5.41, 5.74) is 1.02. The molecule has 0 amide bonds. The monoisotopic (exact) mass is 358 g/mol. The van der Waals surface area contributed by atoms with Gasteiger partial charge in [0.15, 0.2) is 0 Å². The zero-order chi connectivity index (χ0) is 18.8. The first kappa shape index (κ1) is 20.5. The SMILES string of the molecule is CC(Cc1ccc(OCCCCC2CCN([CH-]B=O)CC2)cc1)C(=O)O. The minimum Gasteiger partial charge on any atom is -0.481 e. The summed E-state index contributed by atoms with van der Waals surface area (Å²) in [4.78, 5) is 13.0. The number of likely N-dealkylation sites (tertiary alicyclic amines) is 1. The molecule has 5 nitrogen and oxygen atoms in total. The van der Waals surface area contributed by atoms with E-state index in [0.717, 1.165) is 50.3 Å². The number of carboxylic acid groups (broad SMARTS) is 1. The van der Waals surface area contributed by atoms with Gasteiger partial charge in [-0.2, -0.15) is 0 Å². The third-order valence-electron chi connectivity index (χ3n) is 5.08. The average molecular weight is 358 g/mol. The predicted molar refractivity (Wildman–Crippen MR) is 101 cm³/mol.